The number of nitrogens with one attached hydrogen (secondary N) is 2. The third-order valence-corrected chi connectivity index (χ3v) is 4.03. The average Bonchev–Trinajstić information content (AvgIpc) is 3.07. The van der Waals surface area contributed by atoms with Crippen molar-refractivity contribution in [1.29, 1.82) is 0 Å². The first-order chi connectivity index (χ1) is 12.7. The third-order valence-electron chi connectivity index (χ3n) is 3.60. The Balaban J connectivity index is 2.10. The van der Waals surface area contributed by atoms with E-state index < -0.39 is 35.4 Å². The van der Waals surface area contributed by atoms with Crippen LogP contribution in [0.15, 0.2) is 39.4 Å². The van der Waals surface area contributed by atoms with Gasteiger partial charge in [0.1, 0.15) is 6.04 Å². The average molecular weight is 444 g/mol. The molecule has 0 saturated heterocycles. The van der Waals surface area contributed by atoms with Gasteiger partial charge in [0.25, 0.3) is 5.91 Å². The molecule has 3 amide bonds. The molecule has 1 unspecified atom stereocenters. The number of nitrogens with zero attached hydrogens (tertiary/aromatic N) is 1. The molecule has 0 aliphatic heterocycles. The molecule has 1 aromatic heterocycles. The summed E-state index contributed by atoms with van der Waals surface area (Å²) in [7, 11) is 2.72. The van der Waals surface area contributed by atoms with Crippen LogP contribution in [0.1, 0.15) is 22.2 Å². The molecule has 0 aliphatic carbocycles. The highest BCUT2D eigenvalue weighted by atomic mass is 79.9. The van der Waals surface area contributed by atoms with Gasteiger partial charge in [0.15, 0.2) is 22.1 Å². The van der Waals surface area contributed by atoms with E-state index >= 15 is 0 Å². The van der Waals surface area contributed by atoms with Crippen LogP contribution in [0.2, 0.25) is 0 Å². The van der Waals surface area contributed by atoms with E-state index in [1.807, 2.05) is 0 Å². The Bertz CT molecular complexity index is 872. The topological polar surface area (TPSA) is 91.7 Å². The molecule has 0 saturated carbocycles. The third kappa shape index (κ3) is 5.13. The Labute approximate surface area is 161 Å². The van der Waals surface area contributed by atoms with Crippen molar-refractivity contribution in [2.75, 3.05) is 20.6 Å². The van der Waals surface area contributed by atoms with E-state index in [1.54, 1.807) is 0 Å². The molecular formula is C17H16BrF2N3O4. The highest BCUT2D eigenvalue weighted by Crippen LogP contribution is 2.18. The van der Waals surface area contributed by atoms with Gasteiger partial charge in [-0.05, 0) is 45.8 Å². The van der Waals surface area contributed by atoms with Crippen molar-refractivity contribution < 1.29 is 27.6 Å². The number of hydrogen-bond donors (Lipinski definition) is 2. The summed E-state index contributed by atoms with van der Waals surface area (Å²) >= 11 is 3.08. The zero-order chi connectivity index (χ0) is 20.1. The quantitative estimate of drug-likeness (QED) is 0.713. The van der Waals surface area contributed by atoms with E-state index in [9.17, 15) is 23.2 Å². The fraction of sp³-hybridized carbons (Fsp3) is 0.235. The van der Waals surface area contributed by atoms with Crippen LogP contribution in [0.5, 0.6) is 0 Å². The van der Waals surface area contributed by atoms with Crippen LogP contribution in [-0.2, 0) is 9.59 Å². The second-order valence-corrected chi connectivity index (χ2v) is 6.33. The minimum Gasteiger partial charge on any atom is -0.444 e. The smallest absolute Gasteiger partial charge is 0.289 e. The summed E-state index contributed by atoms with van der Waals surface area (Å²) < 4.78 is 32.1. The van der Waals surface area contributed by atoms with Crippen LogP contribution in [0.25, 0.3) is 0 Å². The molecule has 1 aromatic carbocycles. The molecule has 144 valence electrons. The maximum atomic E-state index is 13.5. The fourth-order valence-electron chi connectivity index (χ4n) is 2.25. The van der Waals surface area contributed by atoms with Gasteiger partial charge in [-0.25, -0.2) is 8.78 Å². The Hall–Kier alpha value is -2.75. The summed E-state index contributed by atoms with van der Waals surface area (Å²) in [6.45, 7) is -0.381. The highest BCUT2D eigenvalue weighted by molar-refractivity contribution is 9.10. The predicted molar refractivity (Wildman–Crippen MR) is 94.7 cm³/mol. The first kappa shape index (κ1) is 20.6. The number of halogens is 3. The monoisotopic (exact) mass is 443 g/mol. The molecule has 1 atom stereocenters. The number of hydrogen-bond acceptors (Lipinski definition) is 4. The number of likely N-dealkylation sites (N-methyl/N-ethyl adjacent to an activating group) is 2. The van der Waals surface area contributed by atoms with E-state index in [0.29, 0.717) is 4.67 Å². The zero-order valence-electron chi connectivity index (χ0n) is 14.4. The molecule has 0 spiro atoms. The van der Waals surface area contributed by atoms with E-state index in [0.717, 1.165) is 17.0 Å². The van der Waals surface area contributed by atoms with E-state index in [-0.39, 0.29) is 17.9 Å². The van der Waals surface area contributed by atoms with Gasteiger partial charge in [-0.3, -0.25) is 14.4 Å². The van der Waals surface area contributed by atoms with E-state index in [4.69, 9.17) is 4.42 Å². The minimum atomic E-state index is -1.25. The number of amides is 3. The SMILES string of the molecule is CNC(=O)C(NC(=O)CN(C)C(=O)c1ccc(Br)o1)c1ccc(F)c(F)c1. The van der Waals surface area contributed by atoms with Gasteiger partial charge < -0.3 is 20.0 Å². The molecule has 10 heteroatoms. The Morgan fingerprint density at radius 2 is 1.89 bits per heavy atom. The van der Waals surface area contributed by atoms with Crippen molar-refractivity contribution in [3.05, 3.63) is 58.0 Å². The molecule has 1 heterocycles. The summed E-state index contributed by atoms with van der Waals surface area (Å²) in [6.07, 6.45) is 0. The maximum Gasteiger partial charge on any atom is 0.289 e. The number of benzene rings is 1. The molecule has 2 aromatic rings. The number of furan rings is 1. The van der Waals surface area contributed by atoms with Crippen molar-refractivity contribution in [3.63, 3.8) is 0 Å². The molecular weight excluding hydrogens is 428 g/mol. The maximum absolute atomic E-state index is 13.5. The van der Waals surface area contributed by atoms with Gasteiger partial charge in [0.05, 0.1) is 6.54 Å². The second-order valence-electron chi connectivity index (χ2n) is 5.55. The number of carbonyl (C=O) groups is 3. The summed E-state index contributed by atoms with van der Waals surface area (Å²) in [5.41, 5.74) is 0.0607. The van der Waals surface area contributed by atoms with Crippen molar-refractivity contribution >= 4 is 33.7 Å². The van der Waals surface area contributed by atoms with Crippen LogP contribution in [0.3, 0.4) is 0 Å². The van der Waals surface area contributed by atoms with Crippen LogP contribution in [0, 0.1) is 11.6 Å². The lowest BCUT2D eigenvalue weighted by Gasteiger charge is -2.20. The lowest BCUT2D eigenvalue weighted by Crippen LogP contribution is -2.44. The van der Waals surface area contributed by atoms with Gasteiger partial charge in [-0.15, -0.1) is 0 Å². The van der Waals surface area contributed by atoms with Crippen LogP contribution in [-0.4, -0.2) is 43.3 Å². The molecule has 0 radical (unpaired) electrons. The number of carbonyl (C=O) groups excluding carboxylic acids is 3. The lowest BCUT2D eigenvalue weighted by atomic mass is 10.1. The summed E-state index contributed by atoms with van der Waals surface area (Å²) in [5.74, 6) is -4.03. The molecule has 2 N–H and O–H groups in total. The lowest BCUT2D eigenvalue weighted by molar-refractivity contribution is -0.129. The van der Waals surface area contributed by atoms with Crippen LogP contribution < -0.4 is 10.6 Å². The molecule has 0 bridgehead atoms. The largest absolute Gasteiger partial charge is 0.444 e. The normalized spacial score (nSPS) is 11.6. The van der Waals surface area contributed by atoms with Gasteiger partial charge in [-0.1, -0.05) is 6.07 Å². The highest BCUT2D eigenvalue weighted by Gasteiger charge is 2.25. The molecule has 0 fully saturated rings. The zero-order valence-corrected chi connectivity index (χ0v) is 16.0. The Kier molecular flexibility index (Phi) is 6.67. The molecule has 7 nitrogen and oxygen atoms in total. The van der Waals surface area contributed by atoms with Crippen molar-refractivity contribution in [3.8, 4) is 0 Å². The van der Waals surface area contributed by atoms with E-state index in [1.165, 1.54) is 32.3 Å². The first-order valence-corrected chi connectivity index (χ1v) is 8.49. The van der Waals surface area contributed by atoms with Crippen molar-refractivity contribution in [2.45, 2.75) is 6.04 Å². The first-order valence-electron chi connectivity index (χ1n) is 7.69. The molecule has 2 rings (SSSR count). The molecule has 0 aliphatic rings. The predicted octanol–water partition coefficient (Wildman–Crippen LogP) is 2.00. The summed E-state index contributed by atoms with van der Waals surface area (Å²) in [5, 5.41) is 4.74. The van der Waals surface area contributed by atoms with Crippen LogP contribution >= 0.6 is 15.9 Å². The standard InChI is InChI=1S/C17H16BrF2N3O4/c1-21-16(25)15(9-3-4-10(19)11(20)7-9)22-14(24)8-23(2)17(26)12-5-6-13(18)27-12/h3-7,15H,8H2,1-2H3,(H,21,25)(H,22,24). The summed E-state index contributed by atoms with van der Waals surface area (Å²) in [6, 6.07) is 4.59. The number of rotatable bonds is 6. The second kappa shape index (κ2) is 8.76. The Morgan fingerprint density at radius 3 is 2.44 bits per heavy atom. The minimum absolute atomic E-state index is 0.0284. The van der Waals surface area contributed by atoms with Gasteiger partial charge in [-0.2, -0.15) is 0 Å². The van der Waals surface area contributed by atoms with Gasteiger partial charge >= 0.3 is 0 Å². The van der Waals surface area contributed by atoms with Gasteiger partial charge in [0.2, 0.25) is 11.8 Å². The Morgan fingerprint density at radius 1 is 1.19 bits per heavy atom. The summed E-state index contributed by atoms with van der Waals surface area (Å²) in [4.78, 5) is 37.6. The fourth-order valence-corrected chi connectivity index (χ4v) is 2.55. The van der Waals surface area contributed by atoms with Crippen molar-refractivity contribution in [2.24, 2.45) is 0 Å². The van der Waals surface area contributed by atoms with Crippen molar-refractivity contribution in [1.82, 2.24) is 15.5 Å². The van der Waals surface area contributed by atoms with Crippen LogP contribution in [0.4, 0.5) is 8.78 Å². The van der Waals surface area contributed by atoms with Gasteiger partial charge in [0, 0.05) is 14.1 Å². The molecule has 27 heavy (non-hydrogen) atoms. The van der Waals surface area contributed by atoms with E-state index in [2.05, 4.69) is 26.6 Å².